The van der Waals surface area contributed by atoms with Gasteiger partial charge in [-0.3, -0.25) is 0 Å². The molecule has 0 aromatic carbocycles. The molecule has 1 aliphatic rings. The van der Waals surface area contributed by atoms with Gasteiger partial charge in [-0.2, -0.15) is 11.8 Å². The minimum absolute atomic E-state index is 0.660. The number of imidazole rings is 1. The molecule has 18 heavy (non-hydrogen) atoms. The summed E-state index contributed by atoms with van der Waals surface area (Å²) >= 11 is 1.99. The van der Waals surface area contributed by atoms with E-state index in [1.165, 1.54) is 12.2 Å². The molecule has 0 aliphatic carbocycles. The topological polar surface area (TPSA) is 71.5 Å². The predicted octanol–water partition coefficient (Wildman–Crippen LogP) is 0.958. The SMILES string of the molecule is NNc1cn2ccnc2c(N2CCCSCC2)n1. The van der Waals surface area contributed by atoms with Crippen LogP contribution in [0.25, 0.3) is 5.65 Å². The molecule has 0 saturated carbocycles. The summed E-state index contributed by atoms with van der Waals surface area (Å²) in [5.74, 6) is 9.40. The number of nitrogen functional groups attached to an aromatic ring is 1. The molecule has 1 fully saturated rings. The Kier molecular flexibility index (Phi) is 3.24. The maximum absolute atomic E-state index is 5.47. The van der Waals surface area contributed by atoms with Crippen molar-refractivity contribution in [2.45, 2.75) is 6.42 Å². The second-order valence-electron chi connectivity index (χ2n) is 4.21. The Morgan fingerprint density at radius 2 is 2.28 bits per heavy atom. The highest BCUT2D eigenvalue weighted by atomic mass is 32.2. The number of nitrogens with one attached hydrogen (secondary N) is 1. The lowest BCUT2D eigenvalue weighted by Gasteiger charge is -2.22. The first-order chi connectivity index (χ1) is 8.88. The van der Waals surface area contributed by atoms with Crippen molar-refractivity contribution in [1.82, 2.24) is 14.4 Å². The average Bonchev–Trinajstić information content (AvgIpc) is 2.70. The van der Waals surface area contributed by atoms with Gasteiger partial charge in [0.05, 0.1) is 6.20 Å². The number of hydrogen-bond acceptors (Lipinski definition) is 6. The Morgan fingerprint density at radius 3 is 3.17 bits per heavy atom. The molecule has 0 bridgehead atoms. The van der Waals surface area contributed by atoms with E-state index in [4.69, 9.17) is 5.84 Å². The van der Waals surface area contributed by atoms with Crippen molar-refractivity contribution < 1.29 is 0 Å². The van der Waals surface area contributed by atoms with Crippen LogP contribution in [0.4, 0.5) is 11.6 Å². The van der Waals surface area contributed by atoms with Gasteiger partial charge in [-0.05, 0) is 12.2 Å². The molecule has 6 nitrogen and oxygen atoms in total. The van der Waals surface area contributed by atoms with Crippen molar-refractivity contribution in [3.05, 3.63) is 18.6 Å². The van der Waals surface area contributed by atoms with E-state index in [2.05, 4.69) is 20.3 Å². The van der Waals surface area contributed by atoms with Crippen LogP contribution in [0.5, 0.6) is 0 Å². The standard InChI is InChI=1S/C11H16N6S/c12-15-9-8-17-4-2-13-10(17)11(14-9)16-3-1-6-18-7-5-16/h2,4,8,15H,1,3,5-7,12H2. The zero-order valence-electron chi connectivity index (χ0n) is 10.0. The van der Waals surface area contributed by atoms with Gasteiger partial charge in [-0.1, -0.05) is 0 Å². The number of hydrazine groups is 1. The molecule has 3 heterocycles. The molecule has 0 atom stereocenters. The van der Waals surface area contributed by atoms with E-state index in [1.807, 2.05) is 28.6 Å². The second-order valence-corrected chi connectivity index (χ2v) is 5.43. The van der Waals surface area contributed by atoms with Crippen LogP contribution in [0, 0.1) is 0 Å². The zero-order valence-corrected chi connectivity index (χ0v) is 10.9. The summed E-state index contributed by atoms with van der Waals surface area (Å²) in [5, 5.41) is 0. The average molecular weight is 264 g/mol. The van der Waals surface area contributed by atoms with Gasteiger partial charge in [0, 0.05) is 31.2 Å². The molecule has 3 rings (SSSR count). The Bertz CT molecular complexity index is 531. The minimum atomic E-state index is 0.660. The lowest BCUT2D eigenvalue weighted by molar-refractivity contribution is 0.800. The fraction of sp³-hybridized carbons (Fsp3) is 0.455. The first kappa shape index (κ1) is 11.6. The summed E-state index contributed by atoms with van der Waals surface area (Å²) in [5.41, 5.74) is 3.50. The number of rotatable bonds is 2. The van der Waals surface area contributed by atoms with Crippen LogP contribution >= 0.6 is 11.8 Å². The minimum Gasteiger partial charge on any atom is -0.353 e. The monoisotopic (exact) mass is 264 g/mol. The van der Waals surface area contributed by atoms with Crippen LogP contribution in [-0.2, 0) is 0 Å². The van der Waals surface area contributed by atoms with Crippen molar-refractivity contribution in [2.24, 2.45) is 5.84 Å². The van der Waals surface area contributed by atoms with E-state index in [-0.39, 0.29) is 0 Å². The summed E-state index contributed by atoms with van der Waals surface area (Å²) in [6.07, 6.45) is 6.72. The molecule has 7 heteroatoms. The van der Waals surface area contributed by atoms with Crippen molar-refractivity contribution in [3.63, 3.8) is 0 Å². The van der Waals surface area contributed by atoms with E-state index in [0.717, 1.165) is 30.3 Å². The highest BCUT2D eigenvalue weighted by molar-refractivity contribution is 7.99. The zero-order chi connectivity index (χ0) is 12.4. The van der Waals surface area contributed by atoms with Crippen molar-refractivity contribution >= 4 is 29.0 Å². The van der Waals surface area contributed by atoms with E-state index in [0.29, 0.717) is 5.82 Å². The number of nitrogens with zero attached hydrogens (tertiary/aromatic N) is 4. The fourth-order valence-corrected chi connectivity index (χ4v) is 3.04. The van der Waals surface area contributed by atoms with E-state index in [9.17, 15) is 0 Å². The second kappa shape index (κ2) is 5.03. The van der Waals surface area contributed by atoms with E-state index >= 15 is 0 Å². The molecule has 96 valence electrons. The molecule has 1 aliphatic heterocycles. The molecule has 3 N–H and O–H groups in total. The summed E-state index contributed by atoms with van der Waals surface area (Å²) in [7, 11) is 0. The summed E-state index contributed by atoms with van der Waals surface area (Å²) in [6, 6.07) is 0. The Hall–Kier alpha value is -1.47. The fourth-order valence-electron chi connectivity index (χ4n) is 2.15. The van der Waals surface area contributed by atoms with Gasteiger partial charge in [0.25, 0.3) is 0 Å². The first-order valence-electron chi connectivity index (χ1n) is 6.01. The van der Waals surface area contributed by atoms with Crippen molar-refractivity contribution in [3.8, 4) is 0 Å². The highest BCUT2D eigenvalue weighted by Gasteiger charge is 2.16. The number of aromatic nitrogens is 3. The van der Waals surface area contributed by atoms with Crippen LogP contribution < -0.4 is 16.2 Å². The molecule has 0 unspecified atom stereocenters. The van der Waals surface area contributed by atoms with Gasteiger partial charge in [-0.15, -0.1) is 0 Å². The largest absolute Gasteiger partial charge is 0.353 e. The number of anilines is 2. The van der Waals surface area contributed by atoms with Gasteiger partial charge < -0.3 is 14.7 Å². The molecular formula is C11H16N6S. The Morgan fingerprint density at radius 1 is 1.33 bits per heavy atom. The lowest BCUT2D eigenvalue weighted by Crippen LogP contribution is -2.27. The third kappa shape index (κ3) is 2.11. The molecule has 0 spiro atoms. The Labute approximate surface area is 110 Å². The summed E-state index contributed by atoms with van der Waals surface area (Å²) in [6.45, 7) is 2.03. The maximum atomic E-state index is 5.47. The van der Waals surface area contributed by atoms with Crippen LogP contribution in [-0.4, -0.2) is 39.0 Å². The summed E-state index contributed by atoms with van der Waals surface area (Å²) < 4.78 is 1.95. The lowest BCUT2D eigenvalue weighted by atomic mass is 10.4. The van der Waals surface area contributed by atoms with Crippen LogP contribution in [0.2, 0.25) is 0 Å². The smallest absolute Gasteiger partial charge is 0.180 e. The van der Waals surface area contributed by atoms with E-state index in [1.54, 1.807) is 6.20 Å². The predicted molar refractivity (Wildman–Crippen MR) is 75.0 cm³/mol. The van der Waals surface area contributed by atoms with Gasteiger partial charge >= 0.3 is 0 Å². The molecule has 2 aromatic rings. The highest BCUT2D eigenvalue weighted by Crippen LogP contribution is 2.23. The molecular weight excluding hydrogens is 248 g/mol. The molecule has 0 radical (unpaired) electrons. The third-order valence-electron chi connectivity index (χ3n) is 3.03. The normalized spacial score (nSPS) is 16.8. The Balaban J connectivity index is 2.04. The summed E-state index contributed by atoms with van der Waals surface area (Å²) in [4.78, 5) is 11.2. The van der Waals surface area contributed by atoms with Gasteiger partial charge in [0.15, 0.2) is 17.3 Å². The first-order valence-corrected chi connectivity index (χ1v) is 7.17. The van der Waals surface area contributed by atoms with E-state index < -0.39 is 0 Å². The van der Waals surface area contributed by atoms with Gasteiger partial charge in [0.1, 0.15) is 0 Å². The molecule has 0 amide bonds. The number of thioether (sulfide) groups is 1. The number of hydrogen-bond donors (Lipinski definition) is 2. The van der Waals surface area contributed by atoms with Gasteiger partial charge in [0.2, 0.25) is 0 Å². The maximum Gasteiger partial charge on any atom is 0.180 e. The van der Waals surface area contributed by atoms with Crippen molar-refractivity contribution in [1.29, 1.82) is 0 Å². The van der Waals surface area contributed by atoms with Crippen molar-refractivity contribution in [2.75, 3.05) is 34.9 Å². The molecule has 2 aromatic heterocycles. The van der Waals surface area contributed by atoms with Crippen LogP contribution in [0.15, 0.2) is 18.6 Å². The molecule has 1 saturated heterocycles. The third-order valence-corrected chi connectivity index (χ3v) is 4.07. The number of fused-ring (bicyclic) bond motifs is 1. The van der Waals surface area contributed by atoms with Crippen LogP contribution in [0.1, 0.15) is 6.42 Å². The van der Waals surface area contributed by atoms with Crippen LogP contribution in [0.3, 0.4) is 0 Å². The number of nitrogens with two attached hydrogens (primary N) is 1. The quantitative estimate of drug-likeness (QED) is 0.622. The van der Waals surface area contributed by atoms with Gasteiger partial charge in [-0.25, -0.2) is 15.8 Å².